The summed E-state index contributed by atoms with van der Waals surface area (Å²) in [6.07, 6.45) is -4.52. The van der Waals surface area contributed by atoms with Crippen molar-refractivity contribution in [3.63, 3.8) is 0 Å². The van der Waals surface area contributed by atoms with Crippen LogP contribution in [0.1, 0.15) is 26.3 Å². The summed E-state index contributed by atoms with van der Waals surface area (Å²) in [6.45, 7) is 0. The summed E-state index contributed by atoms with van der Waals surface area (Å²) < 4.78 is 38.7. The Labute approximate surface area is 142 Å². The van der Waals surface area contributed by atoms with Crippen LogP contribution < -0.4 is 16.0 Å². The topological polar surface area (TPSA) is 75.4 Å². The molecule has 5 nitrogen and oxygen atoms in total. The minimum Gasteiger partial charge on any atom is -0.376 e. The Morgan fingerprint density at radius 3 is 2.04 bits per heavy atom. The van der Waals surface area contributed by atoms with Crippen LogP contribution in [0.15, 0.2) is 42.5 Å². The van der Waals surface area contributed by atoms with Gasteiger partial charge in [-0.3, -0.25) is 9.59 Å². The van der Waals surface area contributed by atoms with E-state index in [1.807, 2.05) is 0 Å². The van der Waals surface area contributed by atoms with Crippen LogP contribution in [-0.4, -0.2) is 25.9 Å². The van der Waals surface area contributed by atoms with Crippen LogP contribution in [0.25, 0.3) is 0 Å². The molecule has 2 amide bonds. The van der Waals surface area contributed by atoms with Crippen LogP contribution >= 0.6 is 0 Å². The maximum absolute atomic E-state index is 12.9. The van der Waals surface area contributed by atoms with Crippen molar-refractivity contribution in [3.8, 4) is 0 Å². The number of carbonyl (C=O) groups excluding carboxylic acids is 2. The number of carbonyl (C=O) groups is 2. The zero-order chi connectivity index (χ0) is 18.8. The highest BCUT2D eigenvalue weighted by molar-refractivity contribution is 6.06. The minimum absolute atomic E-state index is 0.0313. The Hall–Kier alpha value is -3.03. The van der Waals surface area contributed by atoms with Crippen molar-refractivity contribution in [1.29, 1.82) is 0 Å². The molecule has 0 aliphatic carbocycles. The zero-order valence-corrected chi connectivity index (χ0v) is 13.5. The molecule has 0 saturated heterocycles. The van der Waals surface area contributed by atoms with Crippen LogP contribution in [0.5, 0.6) is 0 Å². The van der Waals surface area contributed by atoms with Gasteiger partial charge in [0, 0.05) is 25.2 Å². The smallest absolute Gasteiger partial charge is 0.376 e. The van der Waals surface area contributed by atoms with Gasteiger partial charge in [0.1, 0.15) is 0 Å². The highest BCUT2D eigenvalue weighted by Crippen LogP contribution is 2.35. The second-order valence-corrected chi connectivity index (χ2v) is 5.52. The summed E-state index contributed by atoms with van der Waals surface area (Å²) in [5.41, 5.74) is 5.13. The van der Waals surface area contributed by atoms with Crippen molar-refractivity contribution >= 4 is 23.2 Å². The van der Waals surface area contributed by atoms with E-state index in [9.17, 15) is 22.8 Å². The van der Waals surface area contributed by atoms with E-state index in [4.69, 9.17) is 5.73 Å². The molecule has 0 unspecified atom stereocenters. The first-order valence-corrected chi connectivity index (χ1v) is 7.19. The quantitative estimate of drug-likeness (QED) is 0.889. The van der Waals surface area contributed by atoms with Gasteiger partial charge in [0.15, 0.2) is 0 Å². The van der Waals surface area contributed by atoms with Crippen LogP contribution in [0.3, 0.4) is 0 Å². The van der Waals surface area contributed by atoms with E-state index < -0.39 is 23.6 Å². The third-order valence-corrected chi connectivity index (χ3v) is 3.49. The predicted molar refractivity (Wildman–Crippen MR) is 88.7 cm³/mol. The van der Waals surface area contributed by atoms with Gasteiger partial charge in [0.05, 0.1) is 16.9 Å². The van der Waals surface area contributed by atoms with Crippen molar-refractivity contribution in [2.75, 3.05) is 24.3 Å². The maximum atomic E-state index is 12.9. The van der Waals surface area contributed by atoms with E-state index in [0.29, 0.717) is 5.69 Å². The minimum atomic E-state index is -4.52. The van der Waals surface area contributed by atoms with E-state index >= 15 is 0 Å². The van der Waals surface area contributed by atoms with E-state index in [0.717, 1.165) is 12.1 Å². The number of anilines is 2. The average molecular weight is 351 g/mol. The summed E-state index contributed by atoms with van der Waals surface area (Å²) in [6, 6.07) is 8.61. The van der Waals surface area contributed by atoms with Crippen LogP contribution in [0.2, 0.25) is 0 Å². The molecule has 0 spiro atoms. The average Bonchev–Trinajstić information content (AvgIpc) is 2.53. The first-order chi connectivity index (χ1) is 11.6. The number of nitrogens with zero attached hydrogens (tertiary/aromatic N) is 1. The van der Waals surface area contributed by atoms with Gasteiger partial charge in [-0.1, -0.05) is 0 Å². The number of amides is 2. The molecule has 0 fully saturated rings. The second-order valence-electron chi connectivity index (χ2n) is 5.52. The molecule has 0 aromatic heterocycles. The van der Waals surface area contributed by atoms with Crippen LogP contribution in [0, 0.1) is 0 Å². The van der Waals surface area contributed by atoms with Gasteiger partial charge >= 0.3 is 6.18 Å². The fourth-order valence-electron chi connectivity index (χ4n) is 2.18. The second kappa shape index (κ2) is 6.84. The molecule has 3 N–H and O–H groups in total. The van der Waals surface area contributed by atoms with Crippen molar-refractivity contribution in [2.45, 2.75) is 6.18 Å². The van der Waals surface area contributed by atoms with Gasteiger partial charge in [0.25, 0.3) is 5.91 Å². The molecule has 8 heteroatoms. The van der Waals surface area contributed by atoms with Gasteiger partial charge < -0.3 is 16.0 Å². The number of hydrogen-bond acceptors (Lipinski definition) is 3. The molecule has 0 saturated carbocycles. The molecule has 0 atom stereocenters. The Morgan fingerprint density at radius 2 is 1.56 bits per heavy atom. The standard InChI is InChI=1S/C17H16F3N3O2/c1-23(2)14-8-7-12(17(18,19)20)9-13(14)22-16(25)11-5-3-10(4-6-11)15(21)24/h3-9H,1-2H3,(H2,21,24)(H,22,25). The predicted octanol–water partition coefficient (Wildman–Crippen LogP) is 3.12. The monoisotopic (exact) mass is 351 g/mol. The maximum Gasteiger partial charge on any atom is 0.416 e. The molecule has 0 aliphatic rings. The molecule has 0 heterocycles. The van der Waals surface area contributed by atoms with E-state index in [1.54, 1.807) is 19.0 Å². The molecule has 2 aromatic rings. The summed E-state index contributed by atoms with van der Waals surface area (Å²) in [4.78, 5) is 24.9. The molecule has 25 heavy (non-hydrogen) atoms. The van der Waals surface area contributed by atoms with Gasteiger partial charge in [-0.25, -0.2) is 0 Å². The number of hydrogen-bond donors (Lipinski definition) is 2. The van der Waals surface area contributed by atoms with Gasteiger partial charge in [-0.05, 0) is 42.5 Å². The normalized spacial score (nSPS) is 11.1. The van der Waals surface area contributed by atoms with Crippen molar-refractivity contribution in [2.24, 2.45) is 5.73 Å². The number of halogens is 3. The van der Waals surface area contributed by atoms with Crippen LogP contribution in [0.4, 0.5) is 24.5 Å². The van der Waals surface area contributed by atoms with Gasteiger partial charge in [-0.2, -0.15) is 13.2 Å². The molecular weight excluding hydrogens is 335 g/mol. The summed E-state index contributed by atoms with van der Waals surface area (Å²) in [5, 5.41) is 2.47. The fourth-order valence-corrected chi connectivity index (χ4v) is 2.18. The molecule has 0 radical (unpaired) electrons. The Kier molecular flexibility index (Phi) is 5.01. The highest BCUT2D eigenvalue weighted by atomic mass is 19.4. The van der Waals surface area contributed by atoms with Gasteiger partial charge in [0.2, 0.25) is 5.91 Å². The number of nitrogens with two attached hydrogens (primary N) is 1. The zero-order valence-electron chi connectivity index (χ0n) is 13.5. The van der Waals surface area contributed by atoms with Gasteiger partial charge in [-0.15, -0.1) is 0 Å². The summed E-state index contributed by atoms with van der Waals surface area (Å²) in [7, 11) is 3.31. The number of nitrogens with one attached hydrogen (secondary N) is 1. The molecule has 0 bridgehead atoms. The van der Waals surface area contributed by atoms with Crippen molar-refractivity contribution < 1.29 is 22.8 Å². The van der Waals surface area contributed by atoms with Crippen molar-refractivity contribution in [1.82, 2.24) is 0 Å². The Morgan fingerprint density at radius 1 is 1.00 bits per heavy atom. The number of alkyl halides is 3. The summed E-state index contributed by atoms with van der Waals surface area (Å²) in [5.74, 6) is -1.24. The first kappa shape index (κ1) is 18.3. The van der Waals surface area contributed by atoms with E-state index in [2.05, 4.69) is 5.32 Å². The number of rotatable bonds is 4. The summed E-state index contributed by atoms with van der Waals surface area (Å²) >= 11 is 0. The molecule has 0 aliphatic heterocycles. The molecule has 2 aromatic carbocycles. The lowest BCUT2D eigenvalue weighted by Crippen LogP contribution is -2.18. The van der Waals surface area contributed by atoms with Crippen molar-refractivity contribution in [3.05, 3.63) is 59.2 Å². The lowest BCUT2D eigenvalue weighted by Gasteiger charge is -2.20. The fraction of sp³-hybridized carbons (Fsp3) is 0.176. The number of benzene rings is 2. The first-order valence-electron chi connectivity index (χ1n) is 7.19. The third kappa shape index (κ3) is 4.28. The SMILES string of the molecule is CN(C)c1ccc(C(F)(F)F)cc1NC(=O)c1ccc(C(N)=O)cc1. The highest BCUT2D eigenvalue weighted by Gasteiger charge is 2.31. The molecular formula is C17H16F3N3O2. The Bertz CT molecular complexity index is 800. The van der Waals surface area contributed by atoms with E-state index in [1.165, 1.54) is 30.3 Å². The molecule has 2 rings (SSSR count). The van der Waals surface area contributed by atoms with E-state index in [-0.39, 0.29) is 16.8 Å². The Balaban J connectivity index is 2.33. The lowest BCUT2D eigenvalue weighted by atomic mass is 10.1. The lowest BCUT2D eigenvalue weighted by molar-refractivity contribution is -0.137. The third-order valence-electron chi connectivity index (χ3n) is 3.49. The largest absolute Gasteiger partial charge is 0.416 e. The van der Waals surface area contributed by atoms with Crippen LogP contribution in [-0.2, 0) is 6.18 Å². The molecule has 132 valence electrons. The number of primary amides is 1.